The average molecular weight is 279 g/mol. The Morgan fingerprint density at radius 2 is 2.40 bits per heavy atom. The lowest BCUT2D eigenvalue weighted by molar-refractivity contribution is -0.120. The maximum absolute atomic E-state index is 12.2. The van der Waals surface area contributed by atoms with Gasteiger partial charge in [0.1, 0.15) is 0 Å². The summed E-state index contributed by atoms with van der Waals surface area (Å²) in [7, 11) is 4.06. The number of hydrogen-bond donors (Lipinski definition) is 2. The van der Waals surface area contributed by atoms with E-state index in [9.17, 15) is 4.79 Å². The maximum atomic E-state index is 12.2. The number of piperidine rings is 1. The number of anilines is 1. The fraction of sp³-hybridized carbons (Fsp3) is 0.714. The van der Waals surface area contributed by atoms with Gasteiger partial charge in [-0.15, -0.1) is 0 Å². The SMILES string of the molecule is C[C@H]1C[C@@H](C(=O)Nc2ccn(CCN(C)C)n2)CCN1. The van der Waals surface area contributed by atoms with E-state index in [0.29, 0.717) is 11.9 Å². The third kappa shape index (κ3) is 4.31. The van der Waals surface area contributed by atoms with Crippen molar-refractivity contribution < 1.29 is 4.79 Å². The van der Waals surface area contributed by atoms with E-state index in [2.05, 4.69) is 27.6 Å². The molecule has 0 bridgehead atoms. The molecule has 1 saturated heterocycles. The number of nitrogens with one attached hydrogen (secondary N) is 2. The van der Waals surface area contributed by atoms with Gasteiger partial charge in [-0.05, 0) is 40.4 Å². The highest BCUT2D eigenvalue weighted by atomic mass is 16.2. The second-order valence-electron chi connectivity index (χ2n) is 5.83. The van der Waals surface area contributed by atoms with Crippen LogP contribution in [0.25, 0.3) is 0 Å². The first kappa shape index (κ1) is 15.0. The Hall–Kier alpha value is -1.40. The van der Waals surface area contributed by atoms with Crippen LogP contribution in [0.1, 0.15) is 19.8 Å². The van der Waals surface area contributed by atoms with Crippen molar-refractivity contribution in [1.82, 2.24) is 20.0 Å². The second kappa shape index (κ2) is 6.85. The molecule has 2 rings (SSSR count). The van der Waals surface area contributed by atoms with Gasteiger partial charge in [-0.2, -0.15) is 5.10 Å². The smallest absolute Gasteiger partial charge is 0.228 e. The highest BCUT2D eigenvalue weighted by Crippen LogP contribution is 2.18. The first-order valence-electron chi connectivity index (χ1n) is 7.27. The minimum Gasteiger partial charge on any atom is -0.314 e. The number of carbonyl (C=O) groups is 1. The van der Waals surface area contributed by atoms with E-state index >= 15 is 0 Å². The Bertz CT molecular complexity index is 443. The number of amides is 1. The molecule has 0 aliphatic carbocycles. The summed E-state index contributed by atoms with van der Waals surface area (Å²) in [6, 6.07) is 2.27. The third-order valence-electron chi connectivity index (χ3n) is 3.66. The molecule has 112 valence electrons. The summed E-state index contributed by atoms with van der Waals surface area (Å²) in [5, 5.41) is 10.7. The molecule has 2 atom stereocenters. The van der Waals surface area contributed by atoms with Gasteiger partial charge < -0.3 is 15.5 Å². The van der Waals surface area contributed by atoms with Crippen molar-refractivity contribution >= 4 is 11.7 Å². The molecule has 0 saturated carbocycles. The van der Waals surface area contributed by atoms with Crippen LogP contribution < -0.4 is 10.6 Å². The fourth-order valence-corrected chi connectivity index (χ4v) is 2.45. The molecule has 0 spiro atoms. The predicted molar refractivity (Wildman–Crippen MR) is 79.6 cm³/mol. The van der Waals surface area contributed by atoms with Gasteiger partial charge in [0.25, 0.3) is 0 Å². The van der Waals surface area contributed by atoms with E-state index in [4.69, 9.17) is 0 Å². The van der Waals surface area contributed by atoms with Gasteiger partial charge in [0.05, 0.1) is 6.54 Å². The molecule has 1 aromatic heterocycles. The summed E-state index contributed by atoms with van der Waals surface area (Å²) in [5.74, 6) is 0.842. The van der Waals surface area contributed by atoms with Crippen molar-refractivity contribution in [3.8, 4) is 0 Å². The van der Waals surface area contributed by atoms with Gasteiger partial charge in [-0.1, -0.05) is 0 Å². The molecule has 6 nitrogen and oxygen atoms in total. The molecular formula is C14H25N5O. The van der Waals surface area contributed by atoms with Gasteiger partial charge in [0.15, 0.2) is 5.82 Å². The summed E-state index contributed by atoms with van der Waals surface area (Å²) in [6.07, 6.45) is 3.70. The lowest BCUT2D eigenvalue weighted by atomic mass is 9.92. The first-order chi connectivity index (χ1) is 9.54. The largest absolute Gasteiger partial charge is 0.314 e. The lowest BCUT2D eigenvalue weighted by Gasteiger charge is -2.26. The molecule has 1 fully saturated rings. The third-order valence-corrected chi connectivity index (χ3v) is 3.66. The van der Waals surface area contributed by atoms with Crippen molar-refractivity contribution in [2.24, 2.45) is 5.92 Å². The summed E-state index contributed by atoms with van der Waals surface area (Å²) in [6.45, 7) is 4.79. The highest BCUT2D eigenvalue weighted by molar-refractivity contribution is 5.91. The Morgan fingerprint density at radius 3 is 3.10 bits per heavy atom. The molecule has 0 radical (unpaired) electrons. The van der Waals surface area contributed by atoms with Gasteiger partial charge in [-0.3, -0.25) is 9.48 Å². The standard InChI is InChI=1S/C14H25N5O/c1-11-10-12(4-6-15-11)14(20)16-13-5-7-19(17-13)9-8-18(2)3/h5,7,11-12,15H,4,6,8-10H2,1-3H3,(H,16,17,20)/t11-,12-/m0/s1. The zero-order valence-corrected chi connectivity index (χ0v) is 12.6. The molecular weight excluding hydrogens is 254 g/mol. The quantitative estimate of drug-likeness (QED) is 0.836. The summed E-state index contributed by atoms with van der Waals surface area (Å²) >= 11 is 0. The molecule has 2 N–H and O–H groups in total. The highest BCUT2D eigenvalue weighted by Gasteiger charge is 2.25. The van der Waals surface area contributed by atoms with E-state index < -0.39 is 0 Å². The van der Waals surface area contributed by atoms with Crippen LogP contribution in [0, 0.1) is 5.92 Å². The Labute approximate surface area is 120 Å². The Morgan fingerprint density at radius 1 is 1.60 bits per heavy atom. The van der Waals surface area contributed by atoms with Gasteiger partial charge in [0, 0.05) is 30.8 Å². The zero-order valence-electron chi connectivity index (χ0n) is 12.6. The molecule has 1 aliphatic rings. The zero-order chi connectivity index (χ0) is 14.5. The van der Waals surface area contributed by atoms with Crippen LogP contribution in [0.2, 0.25) is 0 Å². The van der Waals surface area contributed by atoms with E-state index in [1.165, 1.54) is 0 Å². The minimum absolute atomic E-state index is 0.0937. The fourth-order valence-electron chi connectivity index (χ4n) is 2.45. The molecule has 0 unspecified atom stereocenters. The molecule has 1 amide bonds. The summed E-state index contributed by atoms with van der Waals surface area (Å²) < 4.78 is 1.86. The number of rotatable bonds is 5. The summed E-state index contributed by atoms with van der Waals surface area (Å²) in [5.41, 5.74) is 0. The van der Waals surface area contributed by atoms with E-state index in [1.807, 2.05) is 31.0 Å². The monoisotopic (exact) mass is 279 g/mol. The normalized spacial score (nSPS) is 23.0. The predicted octanol–water partition coefficient (Wildman–Crippen LogP) is 0.771. The van der Waals surface area contributed by atoms with Gasteiger partial charge in [-0.25, -0.2) is 0 Å². The van der Waals surface area contributed by atoms with Crippen molar-refractivity contribution in [1.29, 1.82) is 0 Å². The van der Waals surface area contributed by atoms with Crippen molar-refractivity contribution in [3.05, 3.63) is 12.3 Å². The maximum Gasteiger partial charge on any atom is 0.228 e. The van der Waals surface area contributed by atoms with Crippen LogP contribution in [-0.4, -0.2) is 53.8 Å². The molecule has 1 aromatic rings. The first-order valence-corrected chi connectivity index (χ1v) is 7.27. The minimum atomic E-state index is 0.0937. The topological polar surface area (TPSA) is 62.2 Å². The van der Waals surface area contributed by atoms with Crippen LogP contribution in [0.15, 0.2) is 12.3 Å². The van der Waals surface area contributed by atoms with E-state index in [0.717, 1.165) is 32.5 Å². The molecule has 0 aromatic carbocycles. The van der Waals surface area contributed by atoms with Crippen molar-refractivity contribution in [2.45, 2.75) is 32.4 Å². The van der Waals surface area contributed by atoms with Crippen LogP contribution in [0.4, 0.5) is 5.82 Å². The molecule has 2 heterocycles. The second-order valence-corrected chi connectivity index (χ2v) is 5.83. The van der Waals surface area contributed by atoms with Crippen LogP contribution in [0.5, 0.6) is 0 Å². The van der Waals surface area contributed by atoms with E-state index in [1.54, 1.807) is 0 Å². The van der Waals surface area contributed by atoms with Crippen LogP contribution >= 0.6 is 0 Å². The van der Waals surface area contributed by atoms with Crippen molar-refractivity contribution in [3.63, 3.8) is 0 Å². The number of carbonyl (C=O) groups excluding carboxylic acids is 1. The van der Waals surface area contributed by atoms with Crippen LogP contribution in [0.3, 0.4) is 0 Å². The van der Waals surface area contributed by atoms with Gasteiger partial charge in [0.2, 0.25) is 5.91 Å². The Kier molecular flexibility index (Phi) is 5.14. The number of likely N-dealkylation sites (N-methyl/N-ethyl adjacent to an activating group) is 1. The van der Waals surface area contributed by atoms with Gasteiger partial charge >= 0.3 is 0 Å². The Balaban J connectivity index is 1.84. The van der Waals surface area contributed by atoms with E-state index in [-0.39, 0.29) is 11.8 Å². The number of hydrogen-bond acceptors (Lipinski definition) is 4. The van der Waals surface area contributed by atoms with Crippen LogP contribution in [-0.2, 0) is 11.3 Å². The number of aromatic nitrogens is 2. The summed E-state index contributed by atoms with van der Waals surface area (Å²) in [4.78, 5) is 14.3. The molecule has 6 heteroatoms. The lowest BCUT2D eigenvalue weighted by Crippen LogP contribution is -2.40. The average Bonchev–Trinajstić information content (AvgIpc) is 2.84. The van der Waals surface area contributed by atoms with Crippen molar-refractivity contribution in [2.75, 3.05) is 32.5 Å². The number of nitrogens with zero attached hydrogens (tertiary/aromatic N) is 3. The molecule has 20 heavy (non-hydrogen) atoms. The molecule has 1 aliphatic heterocycles.